The molecule has 6 heteroatoms. The minimum absolute atomic E-state index is 0.193. The second kappa shape index (κ2) is 6.84. The summed E-state index contributed by atoms with van der Waals surface area (Å²) in [6.07, 6.45) is 3.98. The van der Waals surface area contributed by atoms with Crippen molar-refractivity contribution in [2.24, 2.45) is 0 Å². The van der Waals surface area contributed by atoms with E-state index in [0.29, 0.717) is 17.3 Å². The number of fused-ring (bicyclic) bond motifs is 1. The molecule has 0 saturated heterocycles. The first-order chi connectivity index (χ1) is 12.8. The van der Waals surface area contributed by atoms with Gasteiger partial charge in [-0.15, -0.1) is 0 Å². The van der Waals surface area contributed by atoms with Crippen molar-refractivity contribution in [3.8, 4) is 11.3 Å². The fourth-order valence-corrected chi connectivity index (χ4v) is 2.94. The summed E-state index contributed by atoms with van der Waals surface area (Å²) in [6, 6.07) is 15.1. The third-order valence-corrected chi connectivity index (χ3v) is 4.19. The van der Waals surface area contributed by atoms with Crippen LogP contribution in [0, 0.1) is 0 Å². The Bertz CT molecular complexity index is 1030. The van der Waals surface area contributed by atoms with Crippen LogP contribution in [0.4, 0.5) is 5.95 Å². The van der Waals surface area contributed by atoms with Gasteiger partial charge in [0.1, 0.15) is 0 Å². The Morgan fingerprint density at radius 2 is 1.96 bits per heavy atom. The van der Waals surface area contributed by atoms with Crippen molar-refractivity contribution in [1.29, 1.82) is 0 Å². The van der Waals surface area contributed by atoms with E-state index in [9.17, 15) is 4.79 Å². The Hall–Kier alpha value is -3.41. The van der Waals surface area contributed by atoms with E-state index in [4.69, 9.17) is 4.42 Å². The summed E-state index contributed by atoms with van der Waals surface area (Å²) >= 11 is 0. The summed E-state index contributed by atoms with van der Waals surface area (Å²) in [5.41, 5.74) is 3.32. The van der Waals surface area contributed by atoms with Crippen LogP contribution in [0.2, 0.25) is 0 Å². The number of aryl methyl sites for hydroxylation is 1. The summed E-state index contributed by atoms with van der Waals surface area (Å²) < 4.78 is 7.30. The van der Waals surface area contributed by atoms with E-state index in [2.05, 4.69) is 22.2 Å². The number of nitrogens with one attached hydrogen (secondary N) is 1. The number of carbonyl (C=O) groups excluding carboxylic acids is 1. The van der Waals surface area contributed by atoms with Crippen molar-refractivity contribution in [2.75, 3.05) is 5.32 Å². The van der Waals surface area contributed by atoms with Gasteiger partial charge in [0.05, 0.1) is 17.2 Å². The molecule has 2 aromatic heterocycles. The Morgan fingerprint density at radius 3 is 2.69 bits per heavy atom. The maximum absolute atomic E-state index is 12.6. The number of hydrogen-bond acceptors (Lipinski definition) is 4. The zero-order valence-corrected chi connectivity index (χ0v) is 14.3. The molecular formula is C20H18N4O2. The van der Waals surface area contributed by atoms with Crippen LogP contribution in [-0.4, -0.2) is 20.4 Å². The molecule has 130 valence electrons. The first-order valence-electron chi connectivity index (χ1n) is 8.52. The number of rotatable bonds is 5. The van der Waals surface area contributed by atoms with Gasteiger partial charge in [-0.25, -0.2) is 9.97 Å². The molecule has 2 heterocycles. The van der Waals surface area contributed by atoms with E-state index in [1.807, 2.05) is 41.0 Å². The highest BCUT2D eigenvalue weighted by molar-refractivity contribution is 6.04. The molecule has 0 bridgehead atoms. The van der Waals surface area contributed by atoms with Crippen molar-refractivity contribution < 1.29 is 9.21 Å². The summed E-state index contributed by atoms with van der Waals surface area (Å²) in [6.45, 7) is 2.89. The van der Waals surface area contributed by atoms with E-state index in [1.165, 1.54) is 6.39 Å². The van der Waals surface area contributed by atoms with Gasteiger partial charge in [-0.3, -0.25) is 10.1 Å². The minimum Gasteiger partial charge on any atom is -0.444 e. The first kappa shape index (κ1) is 16.1. The number of nitrogens with zero attached hydrogens (tertiary/aromatic N) is 3. The van der Waals surface area contributed by atoms with E-state index < -0.39 is 0 Å². The minimum atomic E-state index is -0.193. The van der Waals surface area contributed by atoms with Crippen LogP contribution in [0.3, 0.4) is 0 Å². The molecule has 4 rings (SSSR count). The second-order valence-corrected chi connectivity index (χ2v) is 5.97. The maximum Gasteiger partial charge on any atom is 0.257 e. The molecule has 0 aliphatic carbocycles. The normalized spacial score (nSPS) is 11.0. The van der Waals surface area contributed by atoms with Crippen LogP contribution < -0.4 is 5.32 Å². The Labute approximate surface area is 150 Å². The predicted octanol–water partition coefficient (Wildman–Crippen LogP) is 4.35. The molecule has 1 amide bonds. The molecule has 0 atom stereocenters. The molecule has 0 spiro atoms. The number of benzene rings is 2. The van der Waals surface area contributed by atoms with Gasteiger partial charge in [0, 0.05) is 17.7 Å². The van der Waals surface area contributed by atoms with Crippen molar-refractivity contribution in [3.63, 3.8) is 0 Å². The summed E-state index contributed by atoms with van der Waals surface area (Å²) in [7, 11) is 0. The molecule has 0 radical (unpaired) electrons. The lowest BCUT2D eigenvalue weighted by molar-refractivity contribution is 0.102. The van der Waals surface area contributed by atoms with Crippen LogP contribution in [0.5, 0.6) is 0 Å². The zero-order chi connectivity index (χ0) is 17.9. The average Bonchev–Trinajstić information content (AvgIpc) is 3.31. The molecule has 26 heavy (non-hydrogen) atoms. The van der Waals surface area contributed by atoms with Crippen LogP contribution >= 0.6 is 0 Å². The topological polar surface area (TPSA) is 73.0 Å². The Balaban J connectivity index is 1.60. The highest BCUT2D eigenvalue weighted by atomic mass is 16.3. The molecule has 4 aromatic rings. The third-order valence-electron chi connectivity index (χ3n) is 4.19. The summed E-state index contributed by atoms with van der Waals surface area (Å²) in [5.74, 6) is 1.04. The van der Waals surface area contributed by atoms with Gasteiger partial charge in [-0.2, -0.15) is 0 Å². The number of para-hydroxylation sites is 2. The molecule has 0 fully saturated rings. The van der Waals surface area contributed by atoms with Gasteiger partial charge in [-0.05, 0) is 30.7 Å². The maximum atomic E-state index is 12.6. The van der Waals surface area contributed by atoms with Gasteiger partial charge in [0.25, 0.3) is 5.91 Å². The number of carbonyl (C=O) groups is 1. The number of amides is 1. The van der Waals surface area contributed by atoms with Crippen LogP contribution in [-0.2, 0) is 6.54 Å². The number of aromatic nitrogens is 3. The Kier molecular flexibility index (Phi) is 4.23. The molecular weight excluding hydrogens is 328 g/mol. The lowest BCUT2D eigenvalue weighted by Crippen LogP contribution is -2.16. The van der Waals surface area contributed by atoms with Gasteiger partial charge < -0.3 is 8.98 Å². The summed E-state index contributed by atoms with van der Waals surface area (Å²) in [4.78, 5) is 21.1. The smallest absolute Gasteiger partial charge is 0.257 e. The summed E-state index contributed by atoms with van der Waals surface area (Å²) in [5, 5.41) is 2.93. The van der Waals surface area contributed by atoms with E-state index in [-0.39, 0.29) is 5.91 Å². The molecule has 0 aliphatic rings. The molecule has 0 unspecified atom stereocenters. The quantitative estimate of drug-likeness (QED) is 0.583. The first-order valence-corrected chi connectivity index (χ1v) is 8.52. The number of imidazole rings is 1. The second-order valence-electron chi connectivity index (χ2n) is 5.97. The van der Waals surface area contributed by atoms with Gasteiger partial charge in [0.2, 0.25) is 5.95 Å². The largest absolute Gasteiger partial charge is 0.444 e. The van der Waals surface area contributed by atoms with Crippen molar-refractivity contribution in [3.05, 3.63) is 66.7 Å². The van der Waals surface area contributed by atoms with Crippen LogP contribution in [0.1, 0.15) is 23.7 Å². The van der Waals surface area contributed by atoms with E-state index >= 15 is 0 Å². The van der Waals surface area contributed by atoms with Crippen LogP contribution in [0.25, 0.3) is 22.4 Å². The van der Waals surface area contributed by atoms with E-state index in [1.54, 1.807) is 18.3 Å². The third kappa shape index (κ3) is 2.97. The van der Waals surface area contributed by atoms with Crippen molar-refractivity contribution >= 4 is 22.9 Å². The molecule has 2 aromatic carbocycles. The number of anilines is 1. The van der Waals surface area contributed by atoms with Crippen molar-refractivity contribution in [2.45, 2.75) is 19.9 Å². The van der Waals surface area contributed by atoms with Gasteiger partial charge in [-0.1, -0.05) is 31.2 Å². The molecule has 1 N–H and O–H groups in total. The number of oxazole rings is 1. The monoisotopic (exact) mass is 346 g/mol. The Morgan fingerprint density at radius 1 is 1.15 bits per heavy atom. The van der Waals surface area contributed by atoms with Crippen LogP contribution in [0.15, 0.2) is 65.5 Å². The lowest BCUT2D eigenvalue weighted by atomic mass is 10.1. The standard InChI is InChI=1S/C20H18N4O2/c1-2-11-24-17-6-4-3-5-16(17)22-20(24)23-19(25)15-9-7-14(8-10-15)18-12-21-13-26-18/h3-10,12-13H,2,11H2,1H3,(H,22,23,25). The highest BCUT2D eigenvalue weighted by Crippen LogP contribution is 2.22. The highest BCUT2D eigenvalue weighted by Gasteiger charge is 2.14. The van der Waals surface area contributed by atoms with E-state index in [0.717, 1.165) is 29.6 Å². The number of hydrogen-bond donors (Lipinski definition) is 1. The predicted molar refractivity (Wildman–Crippen MR) is 99.9 cm³/mol. The molecule has 6 nitrogen and oxygen atoms in total. The SMILES string of the molecule is CCCn1c(NC(=O)c2ccc(-c3cnco3)cc2)nc2ccccc21. The molecule has 0 saturated carbocycles. The average molecular weight is 346 g/mol. The van der Waals surface area contributed by atoms with Gasteiger partial charge >= 0.3 is 0 Å². The van der Waals surface area contributed by atoms with Crippen molar-refractivity contribution in [1.82, 2.24) is 14.5 Å². The van der Waals surface area contributed by atoms with Gasteiger partial charge in [0.15, 0.2) is 12.2 Å². The molecule has 0 aliphatic heterocycles. The fraction of sp³-hybridized carbons (Fsp3) is 0.150. The zero-order valence-electron chi connectivity index (χ0n) is 14.3. The fourth-order valence-electron chi connectivity index (χ4n) is 2.94. The lowest BCUT2D eigenvalue weighted by Gasteiger charge is -2.09.